The highest BCUT2D eigenvalue weighted by atomic mass is 127. The van der Waals surface area contributed by atoms with Crippen LogP contribution in [0.4, 0.5) is 0 Å². The van der Waals surface area contributed by atoms with Crippen LogP contribution in [-0.2, 0) is 13.0 Å². The Morgan fingerprint density at radius 2 is 2.17 bits per heavy atom. The second-order valence-electron chi connectivity index (χ2n) is 5.86. The van der Waals surface area contributed by atoms with Gasteiger partial charge in [0.25, 0.3) is 0 Å². The third-order valence-corrected chi connectivity index (χ3v) is 4.34. The number of aliphatic hydroxyl groups is 1. The fraction of sp³-hybridized carbons (Fsp3) is 0.800. The molecule has 0 aliphatic carbocycles. The van der Waals surface area contributed by atoms with Gasteiger partial charge in [-0.1, -0.05) is 13.8 Å². The molecule has 0 saturated heterocycles. The fourth-order valence-electron chi connectivity index (χ4n) is 2.57. The van der Waals surface area contributed by atoms with Crippen LogP contribution in [0.25, 0.3) is 0 Å². The van der Waals surface area contributed by atoms with E-state index in [1.807, 2.05) is 25.5 Å². The van der Waals surface area contributed by atoms with Crippen molar-refractivity contribution in [1.29, 1.82) is 0 Å². The number of aliphatic imine (C=N–C) groups is 1. The number of hydrogen-bond acceptors (Lipinski definition) is 4. The minimum absolute atomic E-state index is 0. The monoisotopic (exact) mass is 436 g/mol. The van der Waals surface area contributed by atoms with Crippen LogP contribution < -0.4 is 10.6 Å². The molecule has 1 atom stereocenters. The lowest BCUT2D eigenvalue weighted by Gasteiger charge is -2.27. The van der Waals surface area contributed by atoms with E-state index in [0.717, 1.165) is 37.7 Å². The molecule has 23 heavy (non-hydrogen) atoms. The largest absolute Gasteiger partial charge is 0.388 e. The molecule has 0 aromatic carbocycles. The van der Waals surface area contributed by atoms with Crippen LogP contribution in [0.1, 0.15) is 45.9 Å². The molecule has 1 aromatic heterocycles. The molecule has 1 aliphatic heterocycles. The molecule has 8 heteroatoms. The summed E-state index contributed by atoms with van der Waals surface area (Å²) in [4.78, 5) is 8.81. The average Bonchev–Trinajstić information content (AvgIpc) is 3.00. The van der Waals surface area contributed by atoms with Crippen molar-refractivity contribution in [2.45, 2.75) is 64.6 Å². The maximum Gasteiger partial charge on any atom is 0.191 e. The first kappa shape index (κ1) is 20.1. The Balaban J connectivity index is 0.00000264. The van der Waals surface area contributed by atoms with Crippen molar-refractivity contribution < 1.29 is 5.11 Å². The highest BCUT2D eigenvalue weighted by molar-refractivity contribution is 14.0. The predicted molar refractivity (Wildman–Crippen MR) is 102 cm³/mol. The van der Waals surface area contributed by atoms with Gasteiger partial charge in [-0.3, -0.25) is 4.99 Å². The maximum absolute atomic E-state index is 10.4. The Bertz CT molecular complexity index is 500. The molecule has 2 rings (SSSR count). The summed E-state index contributed by atoms with van der Waals surface area (Å²) >= 11 is 0. The Morgan fingerprint density at radius 3 is 2.83 bits per heavy atom. The molecule has 0 saturated carbocycles. The molecule has 0 fully saturated rings. The molecule has 0 bridgehead atoms. The summed E-state index contributed by atoms with van der Waals surface area (Å²) in [5.74, 6) is 1.81. The summed E-state index contributed by atoms with van der Waals surface area (Å²) in [6, 6.07) is 0.281. The van der Waals surface area contributed by atoms with E-state index in [1.54, 1.807) is 6.33 Å². The second-order valence-corrected chi connectivity index (χ2v) is 5.86. The Kier molecular flexibility index (Phi) is 8.24. The molecule has 1 aliphatic rings. The number of aryl methyl sites for hydroxylation is 1. The lowest BCUT2D eigenvalue weighted by atomic mass is 9.98. The molecule has 0 radical (unpaired) electrons. The van der Waals surface area contributed by atoms with Crippen molar-refractivity contribution in [3.63, 3.8) is 0 Å². The molecule has 7 nitrogen and oxygen atoms in total. The van der Waals surface area contributed by atoms with Crippen molar-refractivity contribution in [2.24, 2.45) is 4.99 Å². The van der Waals surface area contributed by atoms with Gasteiger partial charge in [-0.15, -0.1) is 24.0 Å². The standard InChI is InChI=1S/C15H28N6O.HI/c1-4-15(22,5-2)10-17-14(16-6-3)20-12-7-8-13-18-11-19-21(13)9-12;/h11-12,22H,4-10H2,1-3H3,(H2,16,17,20);1H. The molecule has 3 N–H and O–H groups in total. The van der Waals surface area contributed by atoms with Crippen molar-refractivity contribution in [3.05, 3.63) is 12.2 Å². The summed E-state index contributed by atoms with van der Waals surface area (Å²) in [6.45, 7) is 8.03. The van der Waals surface area contributed by atoms with Gasteiger partial charge < -0.3 is 15.7 Å². The Hall–Kier alpha value is -0.900. The van der Waals surface area contributed by atoms with E-state index in [4.69, 9.17) is 0 Å². The summed E-state index contributed by atoms with van der Waals surface area (Å²) in [5, 5.41) is 21.3. The molecule has 1 aromatic rings. The zero-order valence-electron chi connectivity index (χ0n) is 14.2. The quantitative estimate of drug-likeness (QED) is 0.356. The number of fused-ring (bicyclic) bond motifs is 1. The lowest BCUT2D eigenvalue weighted by molar-refractivity contribution is 0.0417. The van der Waals surface area contributed by atoms with Crippen molar-refractivity contribution in [1.82, 2.24) is 25.4 Å². The molecule has 1 unspecified atom stereocenters. The summed E-state index contributed by atoms with van der Waals surface area (Å²) < 4.78 is 1.94. The van der Waals surface area contributed by atoms with Gasteiger partial charge in [0, 0.05) is 19.0 Å². The molecular formula is C15H29IN6O. The van der Waals surface area contributed by atoms with Gasteiger partial charge in [-0.25, -0.2) is 9.67 Å². The number of rotatable bonds is 6. The topological polar surface area (TPSA) is 87.4 Å². The van der Waals surface area contributed by atoms with E-state index in [0.29, 0.717) is 19.4 Å². The third kappa shape index (κ3) is 5.59. The van der Waals surface area contributed by atoms with Crippen LogP contribution in [0.2, 0.25) is 0 Å². The minimum Gasteiger partial charge on any atom is -0.388 e. The van der Waals surface area contributed by atoms with Gasteiger partial charge in [0.05, 0.1) is 18.7 Å². The maximum atomic E-state index is 10.4. The number of hydrogen-bond donors (Lipinski definition) is 3. The van der Waals surface area contributed by atoms with Crippen molar-refractivity contribution in [3.8, 4) is 0 Å². The average molecular weight is 436 g/mol. The summed E-state index contributed by atoms with van der Waals surface area (Å²) in [6.07, 6.45) is 4.95. The third-order valence-electron chi connectivity index (χ3n) is 4.34. The minimum atomic E-state index is -0.714. The van der Waals surface area contributed by atoms with Crippen LogP contribution in [0.3, 0.4) is 0 Å². The first-order chi connectivity index (χ1) is 10.6. The van der Waals surface area contributed by atoms with Crippen LogP contribution >= 0.6 is 24.0 Å². The van der Waals surface area contributed by atoms with E-state index < -0.39 is 5.60 Å². The highest BCUT2D eigenvalue weighted by Crippen LogP contribution is 2.15. The van der Waals surface area contributed by atoms with E-state index in [2.05, 4.69) is 25.7 Å². The zero-order chi connectivity index (χ0) is 16.0. The van der Waals surface area contributed by atoms with Gasteiger partial charge in [0.2, 0.25) is 0 Å². The number of nitrogens with one attached hydrogen (secondary N) is 2. The van der Waals surface area contributed by atoms with Gasteiger partial charge in [-0.2, -0.15) is 5.10 Å². The number of halogens is 1. The normalized spacial score (nSPS) is 18.1. The number of aromatic nitrogens is 3. The molecule has 0 spiro atoms. The van der Waals surface area contributed by atoms with Crippen molar-refractivity contribution in [2.75, 3.05) is 13.1 Å². The molecule has 0 amide bonds. The van der Waals surface area contributed by atoms with Crippen LogP contribution in [0, 0.1) is 0 Å². The fourth-order valence-corrected chi connectivity index (χ4v) is 2.57. The zero-order valence-corrected chi connectivity index (χ0v) is 16.6. The van der Waals surface area contributed by atoms with Crippen LogP contribution in [0.15, 0.2) is 11.3 Å². The molecular weight excluding hydrogens is 407 g/mol. The summed E-state index contributed by atoms with van der Waals surface area (Å²) in [5.41, 5.74) is -0.714. The number of guanidine groups is 1. The Morgan fingerprint density at radius 1 is 1.43 bits per heavy atom. The lowest BCUT2D eigenvalue weighted by Crippen LogP contribution is -2.47. The number of nitrogens with zero attached hydrogens (tertiary/aromatic N) is 4. The Labute approximate surface area is 155 Å². The van der Waals surface area contributed by atoms with Gasteiger partial charge in [-0.05, 0) is 26.2 Å². The molecule has 2 heterocycles. The van der Waals surface area contributed by atoms with E-state index in [9.17, 15) is 5.11 Å². The van der Waals surface area contributed by atoms with Gasteiger partial charge in [0.1, 0.15) is 12.2 Å². The van der Waals surface area contributed by atoms with E-state index >= 15 is 0 Å². The van der Waals surface area contributed by atoms with Gasteiger partial charge >= 0.3 is 0 Å². The van der Waals surface area contributed by atoms with Crippen LogP contribution in [0.5, 0.6) is 0 Å². The second kappa shape index (κ2) is 9.41. The van der Waals surface area contributed by atoms with E-state index in [1.165, 1.54) is 0 Å². The van der Waals surface area contributed by atoms with E-state index in [-0.39, 0.29) is 30.0 Å². The smallest absolute Gasteiger partial charge is 0.191 e. The van der Waals surface area contributed by atoms with Gasteiger partial charge in [0.15, 0.2) is 5.96 Å². The summed E-state index contributed by atoms with van der Waals surface area (Å²) in [7, 11) is 0. The first-order valence-electron chi connectivity index (χ1n) is 8.24. The highest BCUT2D eigenvalue weighted by Gasteiger charge is 2.23. The predicted octanol–water partition coefficient (Wildman–Crippen LogP) is 1.32. The van der Waals surface area contributed by atoms with Crippen molar-refractivity contribution >= 4 is 29.9 Å². The first-order valence-corrected chi connectivity index (χ1v) is 8.24. The SMILES string of the molecule is CCNC(=NCC(O)(CC)CC)NC1CCc2ncnn2C1.I. The molecule has 132 valence electrons. The van der Waals surface area contributed by atoms with Crippen LogP contribution in [-0.4, -0.2) is 50.6 Å².